The SMILES string of the molecule is COCCN(CCOC)c1nc(N2CCN(C)C(=O)C2)c2nc(N3CCN(S(C)(=O)=O)CC3)nc(N3CCC(OC)CC3)c2n1. The topological polar surface area (TPSA) is 150 Å². The number of aromatic nitrogens is 4. The van der Waals surface area contributed by atoms with Crippen LogP contribution in [0.2, 0.25) is 0 Å². The van der Waals surface area contributed by atoms with Gasteiger partial charge in [-0.25, -0.2) is 18.4 Å². The first kappa shape index (κ1) is 33.2. The smallest absolute Gasteiger partial charge is 0.241 e. The van der Waals surface area contributed by atoms with Crippen molar-refractivity contribution in [2.45, 2.75) is 18.9 Å². The summed E-state index contributed by atoms with van der Waals surface area (Å²) in [6, 6.07) is 0. The van der Waals surface area contributed by atoms with Crippen LogP contribution in [0.5, 0.6) is 0 Å². The number of methoxy groups -OCH3 is 3. The molecular weight excluding hydrogens is 604 g/mol. The number of nitrogens with zero attached hydrogens (tertiary/aromatic N) is 10. The number of piperidine rings is 1. The Balaban J connectivity index is 1.65. The maximum absolute atomic E-state index is 12.9. The van der Waals surface area contributed by atoms with Crippen molar-refractivity contribution in [3.63, 3.8) is 0 Å². The van der Waals surface area contributed by atoms with Crippen molar-refractivity contribution < 1.29 is 27.4 Å². The second-order valence-electron chi connectivity index (χ2n) is 11.7. The molecule has 0 spiro atoms. The molecule has 3 aliphatic rings. The van der Waals surface area contributed by atoms with E-state index in [4.69, 9.17) is 34.1 Å². The first-order valence-electron chi connectivity index (χ1n) is 15.4. The summed E-state index contributed by atoms with van der Waals surface area (Å²) in [5, 5.41) is 0. The Morgan fingerprint density at radius 2 is 1.38 bits per heavy atom. The van der Waals surface area contributed by atoms with Crippen molar-refractivity contribution in [1.82, 2.24) is 29.1 Å². The fourth-order valence-electron chi connectivity index (χ4n) is 5.86. The summed E-state index contributed by atoms with van der Waals surface area (Å²) in [5.41, 5.74) is 1.17. The van der Waals surface area contributed by atoms with Crippen molar-refractivity contribution in [3.8, 4) is 0 Å². The largest absolute Gasteiger partial charge is 0.383 e. The van der Waals surface area contributed by atoms with Gasteiger partial charge in [-0.3, -0.25) is 4.79 Å². The maximum atomic E-state index is 12.9. The number of amides is 1. The Bertz CT molecular complexity index is 1420. The third-order valence-corrected chi connectivity index (χ3v) is 10.0. The standard InChI is InChI=1S/C28H46N10O6S/c1-33-10-11-37(20-22(33)39)26-24-23(29-28(32-26)36(16-18-42-2)17-19-43-3)25(34-8-6-21(44-4)7-9-34)31-27(30-24)35-12-14-38(15-13-35)45(5,40)41/h21H,6-20H2,1-5H3. The average molecular weight is 651 g/mol. The molecule has 0 radical (unpaired) electrons. The molecule has 3 aliphatic heterocycles. The van der Waals surface area contributed by atoms with Crippen molar-refractivity contribution in [3.05, 3.63) is 0 Å². The van der Waals surface area contributed by atoms with Gasteiger partial charge in [0.05, 0.1) is 32.1 Å². The summed E-state index contributed by atoms with van der Waals surface area (Å²) in [7, 11) is 3.56. The number of piperazine rings is 2. The zero-order valence-corrected chi connectivity index (χ0v) is 27.8. The molecule has 0 bridgehead atoms. The average Bonchev–Trinajstić information content (AvgIpc) is 3.05. The summed E-state index contributed by atoms with van der Waals surface area (Å²) in [6.07, 6.45) is 3.10. The lowest BCUT2D eigenvalue weighted by Gasteiger charge is -2.36. The second-order valence-corrected chi connectivity index (χ2v) is 13.7. The number of carbonyl (C=O) groups is 1. The molecule has 0 aliphatic carbocycles. The third kappa shape index (κ3) is 7.65. The van der Waals surface area contributed by atoms with E-state index < -0.39 is 10.0 Å². The Hall–Kier alpha value is -3.12. The molecule has 2 aromatic rings. The summed E-state index contributed by atoms with van der Waals surface area (Å²) in [4.78, 5) is 43.2. The summed E-state index contributed by atoms with van der Waals surface area (Å²) in [5.74, 6) is 2.25. The molecule has 3 fully saturated rings. The molecule has 16 nitrogen and oxygen atoms in total. The summed E-state index contributed by atoms with van der Waals surface area (Å²) >= 11 is 0. The fraction of sp³-hybridized carbons (Fsp3) is 0.750. The molecule has 3 saturated heterocycles. The van der Waals surface area contributed by atoms with E-state index in [1.165, 1.54) is 10.6 Å². The van der Waals surface area contributed by atoms with Crippen LogP contribution in [-0.4, -0.2) is 169 Å². The Kier molecular flexibility index (Phi) is 10.7. The number of hydrogen-bond acceptors (Lipinski definition) is 14. The Morgan fingerprint density at radius 1 is 0.778 bits per heavy atom. The van der Waals surface area contributed by atoms with Gasteiger partial charge in [0, 0.05) is 93.8 Å². The van der Waals surface area contributed by atoms with E-state index in [9.17, 15) is 13.2 Å². The number of likely N-dealkylation sites (N-methyl/N-ethyl adjacent to an activating group) is 1. The van der Waals surface area contributed by atoms with E-state index >= 15 is 0 Å². The number of ether oxygens (including phenoxy) is 3. The van der Waals surface area contributed by atoms with Gasteiger partial charge in [0.1, 0.15) is 11.0 Å². The highest BCUT2D eigenvalue weighted by atomic mass is 32.2. The van der Waals surface area contributed by atoms with Gasteiger partial charge < -0.3 is 38.7 Å². The summed E-state index contributed by atoms with van der Waals surface area (Å²) in [6.45, 7) is 6.39. The first-order valence-corrected chi connectivity index (χ1v) is 17.3. The zero-order valence-electron chi connectivity index (χ0n) is 27.0. The molecule has 0 saturated carbocycles. The molecule has 5 heterocycles. The highest BCUT2D eigenvalue weighted by Gasteiger charge is 2.32. The van der Waals surface area contributed by atoms with Crippen LogP contribution < -0.4 is 19.6 Å². The van der Waals surface area contributed by atoms with Crippen LogP contribution in [0.25, 0.3) is 11.0 Å². The van der Waals surface area contributed by atoms with Crippen molar-refractivity contribution >= 4 is 50.5 Å². The minimum absolute atomic E-state index is 0.00165. The van der Waals surface area contributed by atoms with Gasteiger partial charge in [-0.2, -0.15) is 14.3 Å². The molecule has 2 aromatic heterocycles. The highest BCUT2D eigenvalue weighted by Crippen LogP contribution is 2.34. The van der Waals surface area contributed by atoms with Crippen molar-refractivity contribution in [1.29, 1.82) is 0 Å². The lowest BCUT2D eigenvalue weighted by atomic mass is 10.1. The molecule has 1 amide bonds. The molecule has 45 heavy (non-hydrogen) atoms. The van der Waals surface area contributed by atoms with E-state index in [-0.39, 0.29) is 18.6 Å². The monoisotopic (exact) mass is 650 g/mol. The molecule has 0 aromatic carbocycles. The van der Waals surface area contributed by atoms with Gasteiger partial charge in [-0.15, -0.1) is 0 Å². The normalized spacial score (nSPS) is 19.2. The molecule has 0 atom stereocenters. The minimum Gasteiger partial charge on any atom is -0.383 e. The van der Waals surface area contributed by atoms with Crippen LogP contribution in [0.4, 0.5) is 23.5 Å². The van der Waals surface area contributed by atoms with Gasteiger partial charge >= 0.3 is 0 Å². The Morgan fingerprint density at radius 3 is 1.96 bits per heavy atom. The summed E-state index contributed by atoms with van der Waals surface area (Å²) < 4.78 is 42.3. The van der Waals surface area contributed by atoms with E-state index in [1.54, 1.807) is 33.3 Å². The molecule has 5 rings (SSSR count). The number of anilines is 4. The van der Waals surface area contributed by atoms with Crippen molar-refractivity contribution in [2.75, 3.05) is 139 Å². The predicted molar refractivity (Wildman–Crippen MR) is 172 cm³/mol. The lowest BCUT2D eigenvalue weighted by molar-refractivity contribution is -0.129. The molecule has 17 heteroatoms. The number of sulfonamides is 1. The number of rotatable bonds is 12. The molecule has 0 N–H and O–H groups in total. The number of carbonyl (C=O) groups excluding carboxylic acids is 1. The van der Waals surface area contributed by atoms with Crippen LogP contribution in [0, 0.1) is 0 Å². The van der Waals surface area contributed by atoms with Crippen LogP contribution >= 0.6 is 0 Å². The number of hydrogen-bond donors (Lipinski definition) is 0. The second kappa shape index (κ2) is 14.5. The van der Waals surface area contributed by atoms with Crippen LogP contribution in [-0.2, 0) is 29.0 Å². The lowest BCUT2D eigenvalue weighted by Crippen LogP contribution is -2.49. The Labute approximate surface area is 265 Å². The van der Waals surface area contributed by atoms with Crippen LogP contribution in [0.15, 0.2) is 0 Å². The highest BCUT2D eigenvalue weighted by molar-refractivity contribution is 7.88. The van der Waals surface area contributed by atoms with Crippen molar-refractivity contribution in [2.24, 2.45) is 0 Å². The van der Waals surface area contributed by atoms with E-state index in [0.29, 0.717) is 100 Å². The van der Waals surface area contributed by atoms with Gasteiger partial charge in [0.15, 0.2) is 11.6 Å². The minimum atomic E-state index is -3.30. The maximum Gasteiger partial charge on any atom is 0.241 e. The quantitative estimate of drug-likeness (QED) is 0.290. The fourth-order valence-corrected chi connectivity index (χ4v) is 6.69. The zero-order chi connectivity index (χ0) is 32.1. The van der Waals surface area contributed by atoms with Gasteiger partial charge in [0.25, 0.3) is 0 Å². The number of fused-ring (bicyclic) bond motifs is 1. The van der Waals surface area contributed by atoms with Gasteiger partial charge in [0.2, 0.25) is 27.8 Å². The van der Waals surface area contributed by atoms with Gasteiger partial charge in [-0.05, 0) is 12.8 Å². The van der Waals surface area contributed by atoms with E-state index in [1.807, 2.05) is 14.7 Å². The molecule has 0 unspecified atom stereocenters. The van der Waals surface area contributed by atoms with Gasteiger partial charge in [-0.1, -0.05) is 0 Å². The van der Waals surface area contributed by atoms with Crippen LogP contribution in [0.3, 0.4) is 0 Å². The molecular formula is C28H46N10O6S. The first-order chi connectivity index (χ1) is 21.6. The predicted octanol–water partition coefficient (Wildman–Crippen LogP) is -0.506. The van der Waals surface area contributed by atoms with E-state index in [2.05, 4.69) is 4.90 Å². The van der Waals surface area contributed by atoms with E-state index in [0.717, 1.165) is 25.9 Å². The van der Waals surface area contributed by atoms with Crippen LogP contribution in [0.1, 0.15) is 12.8 Å². The molecule has 250 valence electrons. The third-order valence-electron chi connectivity index (χ3n) is 8.72.